The molecule has 1 N–H and O–H groups in total. The number of para-hydroxylation sites is 2. The first-order valence-corrected chi connectivity index (χ1v) is 4.41. The molecule has 0 fully saturated rings. The molecule has 1 aliphatic heterocycles. The third kappa shape index (κ3) is 0.878. The van der Waals surface area contributed by atoms with Crippen LogP contribution in [0.4, 0.5) is 10.1 Å². The van der Waals surface area contributed by atoms with Gasteiger partial charge in [0.2, 0.25) is 0 Å². The van der Waals surface area contributed by atoms with Gasteiger partial charge in [-0.3, -0.25) is 4.57 Å². The Hall–Kier alpha value is -1.84. The molecule has 0 saturated carbocycles. The Labute approximate surface area is 80.2 Å². The summed E-state index contributed by atoms with van der Waals surface area (Å²) in [5.41, 5.74) is 2.61. The number of halogens is 1. The molecule has 0 amide bonds. The van der Waals surface area contributed by atoms with Crippen LogP contribution in [0.2, 0.25) is 0 Å². The molecule has 14 heavy (non-hydrogen) atoms. The van der Waals surface area contributed by atoms with Crippen LogP contribution in [0.3, 0.4) is 0 Å². The van der Waals surface area contributed by atoms with Crippen LogP contribution in [-0.2, 0) is 6.54 Å². The van der Waals surface area contributed by atoms with E-state index in [0.717, 1.165) is 17.1 Å². The third-order valence-corrected chi connectivity index (χ3v) is 2.40. The molecule has 1 aromatic carbocycles. The van der Waals surface area contributed by atoms with Gasteiger partial charge in [0.25, 0.3) is 6.08 Å². The van der Waals surface area contributed by atoms with Crippen molar-refractivity contribution < 1.29 is 4.39 Å². The molecule has 70 valence electrons. The van der Waals surface area contributed by atoms with Crippen LogP contribution in [0, 0.1) is 6.08 Å². The molecule has 0 saturated heterocycles. The zero-order valence-electron chi connectivity index (χ0n) is 7.37. The zero-order chi connectivity index (χ0) is 9.54. The van der Waals surface area contributed by atoms with Gasteiger partial charge >= 0.3 is 0 Å². The monoisotopic (exact) mass is 189 g/mol. The van der Waals surface area contributed by atoms with Gasteiger partial charge in [-0.1, -0.05) is 12.1 Å². The van der Waals surface area contributed by atoms with Gasteiger partial charge in [-0.15, -0.1) is 0 Å². The van der Waals surface area contributed by atoms with E-state index >= 15 is 0 Å². The van der Waals surface area contributed by atoms with Crippen molar-refractivity contribution in [1.29, 1.82) is 0 Å². The number of nitrogens with one attached hydrogen (secondary N) is 1. The molecule has 0 unspecified atom stereocenters. The number of benzene rings is 1. The normalized spacial score (nSPS) is 12.9. The van der Waals surface area contributed by atoms with Gasteiger partial charge in [-0.05, 0) is 12.1 Å². The van der Waals surface area contributed by atoms with Crippen molar-refractivity contribution in [2.24, 2.45) is 0 Å². The standard InChI is InChI=1S/C10H8FN3/c11-10-13-6-7-5-12-8-3-1-2-4-9(8)14(7)10/h1-4,6,12H,5H2. The van der Waals surface area contributed by atoms with Gasteiger partial charge < -0.3 is 5.32 Å². The highest BCUT2D eigenvalue weighted by molar-refractivity contribution is 5.63. The summed E-state index contributed by atoms with van der Waals surface area (Å²) in [5, 5.41) is 3.20. The van der Waals surface area contributed by atoms with Crippen molar-refractivity contribution in [3.05, 3.63) is 42.2 Å². The van der Waals surface area contributed by atoms with E-state index in [4.69, 9.17) is 0 Å². The van der Waals surface area contributed by atoms with E-state index in [1.54, 1.807) is 6.20 Å². The minimum atomic E-state index is -0.450. The minimum absolute atomic E-state index is 0.450. The van der Waals surface area contributed by atoms with Gasteiger partial charge in [-0.25, -0.2) is 4.98 Å². The first-order valence-electron chi connectivity index (χ1n) is 4.41. The first kappa shape index (κ1) is 7.55. The number of anilines is 1. The summed E-state index contributed by atoms with van der Waals surface area (Å²) in [6.45, 7) is 0.619. The van der Waals surface area contributed by atoms with E-state index in [2.05, 4.69) is 10.3 Å². The largest absolute Gasteiger partial charge is 0.378 e. The summed E-state index contributed by atoms with van der Waals surface area (Å²) in [6.07, 6.45) is 1.10. The molecule has 0 aliphatic carbocycles. The number of nitrogens with zero attached hydrogens (tertiary/aromatic N) is 2. The quantitative estimate of drug-likeness (QED) is 0.686. The second-order valence-corrected chi connectivity index (χ2v) is 3.22. The number of hydrogen-bond donors (Lipinski definition) is 1. The summed E-state index contributed by atoms with van der Waals surface area (Å²) < 4.78 is 14.9. The second-order valence-electron chi connectivity index (χ2n) is 3.22. The van der Waals surface area contributed by atoms with Crippen LogP contribution in [0.5, 0.6) is 0 Å². The van der Waals surface area contributed by atoms with E-state index in [1.807, 2.05) is 24.3 Å². The van der Waals surface area contributed by atoms with Crippen LogP contribution in [0.15, 0.2) is 30.5 Å². The van der Waals surface area contributed by atoms with Crippen LogP contribution in [0.25, 0.3) is 5.69 Å². The van der Waals surface area contributed by atoms with Crippen LogP contribution in [0.1, 0.15) is 5.69 Å². The summed E-state index contributed by atoms with van der Waals surface area (Å²) in [5.74, 6) is 0. The zero-order valence-corrected chi connectivity index (χ0v) is 7.37. The number of aromatic nitrogens is 2. The van der Waals surface area contributed by atoms with Crippen molar-refractivity contribution in [3.63, 3.8) is 0 Å². The van der Waals surface area contributed by atoms with Crippen LogP contribution >= 0.6 is 0 Å². The lowest BCUT2D eigenvalue weighted by Crippen LogP contribution is -2.15. The smallest absolute Gasteiger partial charge is 0.294 e. The number of rotatable bonds is 0. The lowest BCUT2D eigenvalue weighted by Gasteiger charge is -2.20. The number of fused-ring (bicyclic) bond motifs is 3. The van der Waals surface area contributed by atoms with Gasteiger partial charge in [-0.2, -0.15) is 4.39 Å². The van der Waals surface area contributed by atoms with E-state index in [-0.39, 0.29) is 0 Å². The fourth-order valence-electron chi connectivity index (χ4n) is 1.74. The first-order chi connectivity index (χ1) is 6.86. The predicted molar refractivity (Wildman–Crippen MR) is 50.8 cm³/mol. The molecule has 2 heterocycles. The molecule has 0 atom stereocenters. The lowest BCUT2D eigenvalue weighted by molar-refractivity contribution is 0.517. The van der Waals surface area contributed by atoms with Crippen molar-refractivity contribution in [1.82, 2.24) is 9.55 Å². The van der Waals surface area contributed by atoms with Crippen molar-refractivity contribution >= 4 is 5.69 Å². The van der Waals surface area contributed by atoms with Gasteiger partial charge in [0.15, 0.2) is 0 Å². The maximum Gasteiger partial charge on any atom is 0.294 e. The highest BCUT2D eigenvalue weighted by Gasteiger charge is 2.18. The predicted octanol–water partition coefficient (Wildman–Crippen LogP) is 1.94. The van der Waals surface area contributed by atoms with Gasteiger partial charge in [0, 0.05) is 0 Å². The van der Waals surface area contributed by atoms with Gasteiger partial charge in [0.05, 0.1) is 29.8 Å². The third-order valence-electron chi connectivity index (χ3n) is 2.40. The summed E-state index contributed by atoms with van der Waals surface area (Å²) in [4.78, 5) is 3.65. The molecule has 3 nitrogen and oxygen atoms in total. The lowest BCUT2D eigenvalue weighted by atomic mass is 10.2. The van der Waals surface area contributed by atoms with Crippen LogP contribution in [-0.4, -0.2) is 9.55 Å². The molecule has 0 bridgehead atoms. The fourth-order valence-corrected chi connectivity index (χ4v) is 1.74. The fraction of sp³-hybridized carbons (Fsp3) is 0.100. The minimum Gasteiger partial charge on any atom is -0.378 e. The molecular formula is C10H8FN3. The molecule has 0 radical (unpaired) electrons. The maximum atomic E-state index is 13.3. The summed E-state index contributed by atoms with van der Waals surface area (Å²) >= 11 is 0. The Morgan fingerprint density at radius 2 is 2.21 bits per heavy atom. The Balaban J connectivity index is 2.32. The summed E-state index contributed by atoms with van der Waals surface area (Å²) in [6, 6.07) is 7.61. The highest BCUT2D eigenvalue weighted by Crippen LogP contribution is 2.27. The Morgan fingerprint density at radius 3 is 3.14 bits per heavy atom. The Morgan fingerprint density at radius 1 is 1.36 bits per heavy atom. The number of hydrogen-bond acceptors (Lipinski definition) is 2. The molecular weight excluding hydrogens is 181 g/mol. The second kappa shape index (κ2) is 2.57. The van der Waals surface area contributed by atoms with E-state index in [1.165, 1.54) is 4.57 Å². The van der Waals surface area contributed by atoms with E-state index in [0.29, 0.717) is 6.54 Å². The van der Waals surface area contributed by atoms with Gasteiger partial charge in [0.1, 0.15) is 0 Å². The van der Waals surface area contributed by atoms with Crippen molar-refractivity contribution in [2.75, 3.05) is 5.32 Å². The van der Waals surface area contributed by atoms with Crippen molar-refractivity contribution in [2.45, 2.75) is 6.54 Å². The number of imidazole rings is 1. The SMILES string of the molecule is Fc1ncc2n1-c1ccccc1NC2. The van der Waals surface area contributed by atoms with Crippen molar-refractivity contribution in [3.8, 4) is 5.69 Å². The topological polar surface area (TPSA) is 29.9 Å². The van der Waals surface area contributed by atoms with Crippen LogP contribution < -0.4 is 5.32 Å². The van der Waals surface area contributed by atoms with E-state index in [9.17, 15) is 4.39 Å². The molecule has 1 aliphatic rings. The maximum absolute atomic E-state index is 13.3. The Kier molecular flexibility index (Phi) is 1.39. The Bertz CT molecular complexity index is 490. The summed E-state index contributed by atoms with van der Waals surface area (Å²) in [7, 11) is 0. The molecule has 3 rings (SSSR count). The molecule has 0 spiro atoms. The molecule has 4 heteroatoms. The molecule has 2 aromatic rings. The average molecular weight is 189 g/mol. The van der Waals surface area contributed by atoms with E-state index < -0.39 is 6.08 Å². The average Bonchev–Trinajstić information content (AvgIpc) is 2.61. The molecule has 1 aromatic heterocycles. The highest BCUT2D eigenvalue weighted by atomic mass is 19.1.